The maximum Gasteiger partial charge on any atom is 0.258 e. The molecule has 0 aliphatic heterocycles. The summed E-state index contributed by atoms with van der Waals surface area (Å²) in [5.74, 6) is -4.01. The molecule has 0 aromatic heterocycles. The van der Waals surface area contributed by atoms with E-state index in [9.17, 15) is 18.0 Å². The van der Waals surface area contributed by atoms with Crippen molar-refractivity contribution in [2.75, 3.05) is 5.32 Å². The molecule has 2 aromatic rings. The zero-order valence-corrected chi connectivity index (χ0v) is 9.95. The third-order valence-corrected chi connectivity index (χ3v) is 2.55. The Morgan fingerprint density at radius 3 is 2.60 bits per heavy atom. The minimum absolute atomic E-state index is 0.0163. The molecule has 0 aliphatic carbocycles. The molecule has 6 heteroatoms. The first kappa shape index (κ1) is 13.6. The molecule has 0 saturated heterocycles. The van der Waals surface area contributed by atoms with Gasteiger partial charge in [-0.25, -0.2) is 13.2 Å². The zero-order chi connectivity index (χ0) is 14.7. The van der Waals surface area contributed by atoms with E-state index in [0.717, 1.165) is 24.3 Å². The average molecular weight is 276 g/mol. The van der Waals surface area contributed by atoms with Crippen LogP contribution < -0.4 is 5.32 Å². The molecule has 0 bridgehead atoms. The Kier molecular flexibility index (Phi) is 3.71. The predicted molar refractivity (Wildman–Crippen MR) is 65.4 cm³/mol. The van der Waals surface area contributed by atoms with Gasteiger partial charge in [0.25, 0.3) is 5.91 Å². The van der Waals surface area contributed by atoms with Crippen molar-refractivity contribution < 1.29 is 18.0 Å². The number of amides is 1. The number of nitrogens with zero attached hydrogens (tertiary/aromatic N) is 1. The van der Waals surface area contributed by atoms with Crippen molar-refractivity contribution in [1.82, 2.24) is 0 Å². The van der Waals surface area contributed by atoms with Gasteiger partial charge in [-0.05, 0) is 30.3 Å². The first-order chi connectivity index (χ1) is 9.52. The van der Waals surface area contributed by atoms with Crippen LogP contribution in [-0.4, -0.2) is 5.91 Å². The first-order valence-corrected chi connectivity index (χ1v) is 5.48. The number of carbonyl (C=O) groups is 1. The highest BCUT2D eigenvalue weighted by Gasteiger charge is 2.16. The lowest BCUT2D eigenvalue weighted by Gasteiger charge is -2.08. The van der Waals surface area contributed by atoms with Gasteiger partial charge < -0.3 is 5.32 Å². The Balaban J connectivity index is 2.33. The van der Waals surface area contributed by atoms with Crippen molar-refractivity contribution in [3.8, 4) is 6.07 Å². The van der Waals surface area contributed by atoms with Crippen LogP contribution in [0.5, 0.6) is 0 Å². The minimum atomic E-state index is -1.29. The summed E-state index contributed by atoms with van der Waals surface area (Å²) in [6, 6.07) is 8.00. The van der Waals surface area contributed by atoms with E-state index in [0.29, 0.717) is 0 Å². The van der Waals surface area contributed by atoms with Gasteiger partial charge in [0.05, 0.1) is 16.8 Å². The van der Waals surface area contributed by atoms with E-state index in [1.165, 1.54) is 12.1 Å². The van der Waals surface area contributed by atoms with Gasteiger partial charge in [0, 0.05) is 0 Å². The van der Waals surface area contributed by atoms with Gasteiger partial charge in [-0.1, -0.05) is 6.07 Å². The molecular weight excluding hydrogens is 269 g/mol. The maximum atomic E-state index is 13.4. The Bertz CT molecular complexity index is 723. The first-order valence-electron chi connectivity index (χ1n) is 5.48. The molecule has 1 amide bonds. The summed E-state index contributed by atoms with van der Waals surface area (Å²) in [7, 11) is 0. The van der Waals surface area contributed by atoms with Gasteiger partial charge in [-0.3, -0.25) is 4.79 Å². The Hall–Kier alpha value is -2.81. The number of anilines is 1. The van der Waals surface area contributed by atoms with E-state index in [4.69, 9.17) is 5.26 Å². The van der Waals surface area contributed by atoms with E-state index in [2.05, 4.69) is 5.32 Å². The van der Waals surface area contributed by atoms with Crippen LogP contribution in [0.1, 0.15) is 15.9 Å². The van der Waals surface area contributed by atoms with Gasteiger partial charge in [0.1, 0.15) is 11.9 Å². The molecule has 20 heavy (non-hydrogen) atoms. The standard InChI is InChI=1S/C14H7F3N2O/c15-9-4-5-12(8(6-9)7-18)19-14(20)10-2-1-3-11(16)13(10)17/h1-6H,(H,19,20). The summed E-state index contributed by atoms with van der Waals surface area (Å²) in [5, 5.41) is 11.1. The molecule has 0 aliphatic rings. The molecular formula is C14H7F3N2O. The molecule has 1 N–H and O–H groups in total. The molecule has 2 aromatic carbocycles. The molecule has 0 fully saturated rings. The van der Waals surface area contributed by atoms with E-state index in [-0.39, 0.29) is 11.3 Å². The largest absolute Gasteiger partial charge is 0.321 e. The van der Waals surface area contributed by atoms with Gasteiger partial charge in [0.15, 0.2) is 11.6 Å². The molecule has 3 nitrogen and oxygen atoms in total. The number of benzene rings is 2. The fourth-order valence-corrected chi connectivity index (χ4v) is 1.59. The molecule has 2 rings (SSSR count). The lowest BCUT2D eigenvalue weighted by Crippen LogP contribution is -2.15. The molecule has 0 heterocycles. The molecule has 0 radical (unpaired) electrons. The number of rotatable bonds is 2. The van der Waals surface area contributed by atoms with Crippen LogP contribution >= 0.6 is 0 Å². The van der Waals surface area contributed by atoms with Crippen LogP contribution in [-0.2, 0) is 0 Å². The smallest absolute Gasteiger partial charge is 0.258 e. The lowest BCUT2D eigenvalue weighted by molar-refractivity contribution is 0.102. The summed E-state index contributed by atoms with van der Waals surface area (Å²) in [6.07, 6.45) is 0. The Labute approximate surface area is 112 Å². The maximum absolute atomic E-state index is 13.4. The molecule has 0 spiro atoms. The normalized spacial score (nSPS) is 9.90. The second-order valence-electron chi connectivity index (χ2n) is 3.86. The highest BCUT2D eigenvalue weighted by molar-refractivity contribution is 6.05. The van der Waals surface area contributed by atoms with Crippen molar-refractivity contribution in [1.29, 1.82) is 5.26 Å². The van der Waals surface area contributed by atoms with E-state index >= 15 is 0 Å². The highest BCUT2D eigenvalue weighted by atomic mass is 19.2. The van der Waals surface area contributed by atoms with Crippen molar-refractivity contribution in [3.05, 3.63) is 65.0 Å². The fourth-order valence-electron chi connectivity index (χ4n) is 1.59. The summed E-state index contributed by atoms with van der Waals surface area (Å²) >= 11 is 0. The number of halogens is 3. The van der Waals surface area contributed by atoms with Gasteiger partial charge in [-0.15, -0.1) is 0 Å². The lowest BCUT2D eigenvalue weighted by atomic mass is 10.1. The van der Waals surface area contributed by atoms with Crippen LogP contribution in [0.3, 0.4) is 0 Å². The third kappa shape index (κ3) is 2.62. The van der Waals surface area contributed by atoms with Gasteiger partial charge in [-0.2, -0.15) is 5.26 Å². The minimum Gasteiger partial charge on any atom is -0.321 e. The van der Waals surface area contributed by atoms with Crippen molar-refractivity contribution in [3.63, 3.8) is 0 Å². The number of carbonyl (C=O) groups excluding carboxylic acids is 1. The van der Waals surface area contributed by atoms with Gasteiger partial charge >= 0.3 is 0 Å². The second-order valence-corrected chi connectivity index (χ2v) is 3.86. The zero-order valence-electron chi connectivity index (χ0n) is 9.95. The summed E-state index contributed by atoms with van der Waals surface area (Å²) in [6.45, 7) is 0. The van der Waals surface area contributed by atoms with E-state index < -0.39 is 28.9 Å². The molecule has 0 atom stereocenters. The predicted octanol–water partition coefficient (Wildman–Crippen LogP) is 3.23. The summed E-state index contributed by atoms with van der Waals surface area (Å²) in [4.78, 5) is 11.8. The van der Waals surface area contributed by atoms with E-state index in [1.807, 2.05) is 0 Å². The van der Waals surface area contributed by atoms with Crippen LogP contribution in [0.15, 0.2) is 36.4 Å². The van der Waals surface area contributed by atoms with Crippen molar-refractivity contribution in [2.24, 2.45) is 0 Å². The summed E-state index contributed by atoms with van der Waals surface area (Å²) in [5.41, 5.74) is -0.601. The Morgan fingerprint density at radius 2 is 1.90 bits per heavy atom. The molecule has 100 valence electrons. The topological polar surface area (TPSA) is 52.9 Å². The number of hydrogen-bond acceptors (Lipinski definition) is 2. The van der Waals surface area contributed by atoms with Crippen LogP contribution in [0.2, 0.25) is 0 Å². The number of hydrogen-bond donors (Lipinski definition) is 1. The van der Waals surface area contributed by atoms with E-state index in [1.54, 1.807) is 6.07 Å². The summed E-state index contributed by atoms with van der Waals surface area (Å²) < 4.78 is 39.4. The average Bonchev–Trinajstić information content (AvgIpc) is 2.43. The quantitative estimate of drug-likeness (QED) is 0.915. The van der Waals surface area contributed by atoms with Crippen LogP contribution in [0, 0.1) is 28.8 Å². The second kappa shape index (κ2) is 5.45. The number of nitrogens with one attached hydrogen (secondary N) is 1. The third-order valence-electron chi connectivity index (χ3n) is 2.55. The van der Waals surface area contributed by atoms with Gasteiger partial charge in [0.2, 0.25) is 0 Å². The van der Waals surface area contributed by atoms with Crippen molar-refractivity contribution >= 4 is 11.6 Å². The fraction of sp³-hybridized carbons (Fsp3) is 0. The molecule has 0 unspecified atom stereocenters. The monoisotopic (exact) mass is 276 g/mol. The Morgan fingerprint density at radius 1 is 1.15 bits per heavy atom. The molecule has 0 saturated carbocycles. The van der Waals surface area contributed by atoms with Crippen LogP contribution in [0.4, 0.5) is 18.9 Å². The number of nitriles is 1. The SMILES string of the molecule is N#Cc1cc(F)ccc1NC(=O)c1cccc(F)c1F. The van der Waals surface area contributed by atoms with Crippen molar-refractivity contribution in [2.45, 2.75) is 0 Å². The highest BCUT2D eigenvalue weighted by Crippen LogP contribution is 2.18. The van der Waals surface area contributed by atoms with Crippen LogP contribution in [0.25, 0.3) is 0 Å².